The lowest BCUT2D eigenvalue weighted by Gasteiger charge is -2.16. The predicted molar refractivity (Wildman–Crippen MR) is 83.0 cm³/mol. The van der Waals surface area contributed by atoms with E-state index in [1.807, 2.05) is 30.5 Å². The number of aromatic nitrogens is 1. The zero-order valence-corrected chi connectivity index (χ0v) is 12.1. The first-order valence-corrected chi connectivity index (χ1v) is 7.37. The van der Waals surface area contributed by atoms with Crippen LogP contribution in [-0.4, -0.2) is 11.5 Å². The summed E-state index contributed by atoms with van der Waals surface area (Å²) >= 11 is 6.38. The van der Waals surface area contributed by atoms with Crippen LogP contribution in [0.4, 0.5) is 5.69 Å². The molecule has 4 heteroatoms. The minimum absolute atomic E-state index is 0.699. The van der Waals surface area contributed by atoms with Crippen LogP contribution in [0.15, 0.2) is 36.5 Å². The zero-order valence-electron chi connectivity index (χ0n) is 11.3. The highest BCUT2D eigenvalue weighted by molar-refractivity contribution is 6.33. The largest absolute Gasteiger partial charge is 0.378 e. The molecule has 104 valence electrons. The fraction of sp³-hybridized carbons (Fsp3) is 0.312. The lowest BCUT2D eigenvalue weighted by molar-refractivity contribution is 0.681. The van der Waals surface area contributed by atoms with Crippen LogP contribution in [0.5, 0.6) is 0 Å². The van der Waals surface area contributed by atoms with E-state index in [0.29, 0.717) is 6.54 Å². The molecule has 0 saturated carbocycles. The van der Waals surface area contributed by atoms with Crippen molar-refractivity contribution in [1.82, 2.24) is 10.3 Å². The van der Waals surface area contributed by atoms with Crippen molar-refractivity contribution in [3.05, 3.63) is 58.4 Å². The summed E-state index contributed by atoms with van der Waals surface area (Å²) in [6.45, 7) is 2.68. The summed E-state index contributed by atoms with van der Waals surface area (Å²) < 4.78 is 0. The number of benzene rings is 1. The van der Waals surface area contributed by atoms with E-state index in [2.05, 4.69) is 21.7 Å². The quantitative estimate of drug-likeness (QED) is 0.909. The van der Waals surface area contributed by atoms with Crippen LogP contribution in [0.3, 0.4) is 0 Å². The molecule has 0 radical (unpaired) electrons. The Balaban J connectivity index is 1.85. The van der Waals surface area contributed by atoms with Gasteiger partial charge in [-0.1, -0.05) is 23.7 Å². The number of rotatable bonds is 3. The molecule has 1 aromatic heterocycles. The highest BCUT2D eigenvalue weighted by atomic mass is 35.5. The van der Waals surface area contributed by atoms with Gasteiger partial charge in [-0.3, -0.25) is 4.98 Å². The molecule has 2 heterocycles. The average molecular weight is 288 g/mol. The maximum absolute atomic E-state index is 6.38. The lowest BCUT2D eigenvalue weighted by atomic mass is 10.0. The van der Waals surface area contributed by atoms with Crippen LogP contribution < -0.4 is 10.6 Å². The molecule has 0 spiro atoms. The van der Waals surface area contributed by atoms with Crippen LogP contribution in [0, 0.1) is 0 Å². The second kappa shape index (κ2) is 6.25. The van der Waals surface area contributed by atoms with Gasteiger partial charge in [0.15, 0.2) is 0 Å². The Bertz CT molecular complexity index is 584. The van der Waals surface area contributed by atoms with Crippen LogP contribution in [0.1, 0.15) is 23.2 Å². The smallest absolute Gasteiger partial charge is 0.0640 e. The fourth-order valence-corrected chi connectivity index (χ4v) is 2.84. The highest BCUT2D eigenvalue weighted by Crippen LogP contribution is 2.31. The Morgan fingerprint density at radius 2 is 2.20 bits per heavy atom. The Morgan fingerprint density at radius 3 is 3.05 bits per heavy atom. The van der Waals surface area contributed by atoms with Gasteiger partial charge in [-0.2, -0.15) is 0 Å². The summed E-state index contributed by atoms with van der Waals surface area (Å²) in [5.74, 6) is 0. The number of fused-ring (bicyclic) bond motifs is 1. The van der Waals surface area contributed by atoms with E-state index in [0.717, 1.165) is 42.3 Å². The Hall–Kier alpha value is -1.58. The number of hydrogen-bond acceptors (Lipinski definition) is 3. The van der Waals surface area contributed by atoms with Crippen molar-refractivity contribution in [3.8, 4) is 0 Å². The summed E-state index contributed by atoms with van der Waals surface area (Å²) in [7, 11) is 0. The molecule has 2 aromatic rings. The van der Waals surface area contributed by atoms with Gasteiger partial charge in [-0.05, 0) is 48.7 Å². The summed E-state index contributed by atoms with van der Waals surface area (Å²) in [6.07, 6.45) is 4.02. The molecule has 1 aliphatic rings. The molecule has 3 rings (SSSR count). The average Bonchev–Trinajstić information content (AvgIpc) is 2.73. The van der Waals surface area contributed by atoms with E-state index in [9.17, 15) is 0 Å². The number of anilines is 1. The number of nitrogens with one attached hydrogen (secondary N) is 2. The minimum atomic E-state index is 0.699. The van der Waals surface area contributed by atoms with Gasteiger partial charge in [0.2, 0.25) is 0 Å². The van der Waals surface area contributed by atoms with E-state index >= 15 is 0 Å². The summed E-state index contributed by atoms with van der Waals surface area (Å²) in [5, 5.41) is 7.70. The lowest BCUT2D eigenvalue weighted by Crippen LogP contribution is -2.12. The SMILES string of the molecule is Clc1ccc2c(c1NCc1ccccn1)CCCNC2. The first-order valence-electron chi connectivity index (χ1n) is 6.99. The molecule has 0 amide bonds. The summed E-state index contributed by atoms with van der Waals surface area (Å²) in [6, 6.07) is 10.1. The van der Waals surface area contributed by atoms with Crippen LogP contribution in [-0.2, 0) is 19.5 Å². The molecule has 1 aliphatic heterocycles. The van der Waals surface area contributed by atoms with Crippen LogP contribution >= 0.6 is 11.6 Å². The van der Waals surface area contributed by atoms with Gasteiger partial charge >= 0.3 is 0 Å². The van der Waals surface area contributed by atoms with Crippen molar-refractivity contribution in [1.29, 1.82) is 0 Å². The minimum Gasteiger partial charge on any atom is -0.378 e. The molecule has 0 bridgehead atoms. The van der Waals surface area contributed by atoms with E-state index < -0.39 is 0 Å². The van der Waals surface area contributed by atoms with Gasteiger partial charge in [0, 0.05) is 12.7 Å². The first-order chi connectivity index (χ1) is 9.84. The molecule has 20 heavy (non-hydrogen) atoms. The van der Waals surface area contributed by atoms with Crippen molar-refractivity contribution in [2.24, 2.45) is 0 Å². The van der Waals surface area contributed by atoms with E-state index in [-0.39, 0.29) is 0 Å². The van der Waals surface area contributed by atoms with Crippen LogP contribution in [0.2, 0.25) is 5.02 Å². The van der Waals surface area contributed by atoms with Gasteiger partial charge in [-0.15, -0.1) is 0 Å². The Kier molecular flexibility index (Phi) is 4.19. The molecule has 0 saturated heterocycles. The van der Waals surface area contributed by atoms with Crippen molar-refractivity contribution < 1.29 is 0 Å². The van der Waals surface area contributed by atoms with Crippen molar-refractivity contribution in [3.63, 3.8) is 0 Å². The van der Waals surface area contributed by atoms with E-state index in [1.54, 1.807) is 0 Å². The molecule has 0 unspecified atom stereocenters. The first kappa shape index (κ1) is 13.4. The van der Waals surface area contributed by atoms with Crippen molar-refractivity contribution >= 4 is 17.3 Å². The maximum atomic E-state index is 6.38. The number of hydrogen-bond donors (Lipinski definition) is 2. The second-order valence-electron chi connectivity index (χ2n) is 5.02. The van der Waals surface area contributed by atoms with E-state index in [4.69, 9.17) is 11.6 Å². The molecular weight excluding hydrogens is 270 g/mol. The van der Waals surface area contributed by atoms with Gasteiger partial charge in [-0.25, -0.2) is 0 Å². The van der Waals surface area contributed by atoms with Gasteiger partial charge in [0.05, 0.1) is 22.9 Å². The molecule has 0 aliphatic carbocycles. The maximum Gasteiger partial charge on any atom is 0.0640 e. The van der Waals surface area contributed by atoms with E-state index in [1.165, 1.54) is 11.1 Å². The summed E-state index contributed by atoms with van der Waals surface area (Å²) in [5.41, 5.74) is 4.78. The highest BCUT2D eigenvalue weighted by Gasteiger charge is 2.14. The molecule has 2 N–H and O–H groups in total. The van der Waals surface area contributed by atoms with Gasteiger partial charge < -0.3 is 10.6 Å². The number of nitrogens with zero attached hydrogens (tertiary/aromatic N) is 1. The normalized spacial score (nSPS) is 14.4. The molecule has 0 atom stereocenters. The molecular formula is C16H18ClN3. The fourth-order valence-electron chi connectivity index (χ4n) is 2.60. The van der Waals surface area contributed by atoms with Gasteiger partial charge in [0.1, 0.15) is 0 Å². The second-order valence-corrected chi connectivity index (χ2v) is 5.42. The van der Waals surface area contributed by atoms with Gasteiger partial charge in [0.25, 0.3) is 0 Å². The Morgan fingerprint density at radius 1 is 1.25 bits per heavy atom. The topological polar surface area (TPSA) is 37.0 Å². The van der Waals surface area contributed by atoms with Crippen LogP contribution in [0.25, 0.3) is 0 Å². The summed E-state index contributed by atoms with van der Waals surface area (Å²) in [4.78, 5) is 4.34. The standard InChI is InChI=1S/C16H18ClN3/c17-15-7-6-12-10-18-8-3-5-14(12)16(15)20-11-13-4-1-2-9-19-13/h1-2,4,6-7,9,18,20H,3,5,8,10-11H2. The Labute approximate surface area is 124 Å². The number of pyridine rings is 1. The number of halogens is 1. The molecule has 1 aromatic carbocycles. The van der Waals surface area contributed by atoms with Crippen molar-refractivity contribution in [2.75, 3.05) is 11.9 Å². The molecule has 0 fully saturated rings. The monoisotopic (exact) mass is 287 g/mol. The zero-order chi connectivity index (χ0) is 13.8. The third-order valence-electron chi connectivity index (χ3n) is 3.63. The predicted octanol–water partition coefficient (Wildman–Crippen LogP) is 3.38. The third kappa shape index (κ3) is 2.94. The molecule has 3 nitrogen and oxygen atoms in total. The van der Waals surface area contributed by atoms with Crippen molar-refractivity contribution in [2.45, 2.75) is 25.9 Å². The third-order valence-corrected chi connectivity index (χ3v) is 3.94.